The SMILES string of the molecule is CCC12C=CC(CO)(CC1)O2. The summed E-state index contributed by atoms with van der Waals surface area (Å²) in [4.78, 5) is 0. The first-order chi connectivity index (χ1) is 5.24. The van der Waals surface area contributed by atoms with Crippen molar-refractivity contribution in [3.05, 3.63) is 12.2 Å². The highest BCUT2D eigenvalue weighted by Crippen LogP contribution is 2.46. The summed E-state index contributed by atoms with van der Waals surface area (Å²) in [6.07, 6.45) is 7.21. The normalized spacial score (nSPS) is 47.1. The van der Waals surface area contributed by atoms with Crippen LogP contribution in [0.4, 0.5) is 0 Å². The van der Waals surface area contributed by atoms with Gasteiger partial charge in [-0.2, -0.15) is 0 Å². The van der Waals surface area contributed by atoms with Crippen LogP contribution < -0.4 is 0 Å². The number of ether oxygens (including phenoxy) is 1. The first kappa shape index (κ1) is 7.32. The number of fused-ring (bicyclic) bond motifs is 2. The summed E-state index contributed by atoms with van der Waals surface area (Å²) in [5.41, 5.74) is -0.335. The van der Waals surface area contributed by atoms with E-state index < -0.39 is 0 Å². The van der Waals surface area contributed by atoms with Crippen LogP contribution in [0.3, 0.4) is 0 Å². The van der Waals surface area contributed by atoms with Crippen molar-refractivity contribution in [1.82, 2.24) is 0 Å². The number of aliphatic hydroxyl groups excluding tert-OH is 1. The minimum atomic E-state index is -0.310. The topological polar surface area (TPSA) is 29.5 Å². The lowest BCUT2D eigenvalue weighted by Crippen LogP contribution is -2.29. The molecule has 1 saturated heterocycles. The van der Waals surface area contributed by atoms with Crippen molar-refractivity contribution in [2.24, 2.45) is 0 Å². The van der Waals surface area contributed by atoms with E-state index in [1.807, 2.05) is 6.08 Å². The van der Waals surface area contributed by atoms with E-state index in [2.05, 4.69) is 13.0 Å². The average molecular weight is 154 g/mol. The van der Waals surface area contributed by atoms with Crippen molar-refractivity contribution < 1.29 is 9.84 Å². The molecule has 0 aromatic heterocycles. The number of rotatable bonds is 2. The van der Waals surface area contributed by atoms with Crippen molar-refractivity contribution in [3.8, 4) is 0 Å². The smallest absolute Gasteiger partial charge is 0.111 e. The van der Waals surface area contributed by atoms with Crippen LogP contribution in [0, 0.1) is 0 Å². The predicted molar refractivity (Wildman–Crippen MR) is 42.3 cm³/mol. The molecular formula is C9H14O2. The lowest BCUT2D eigenvalue weighted by molar-refractivity contribution is -0.0593. The van der Waals surface area contributed by atoms with Crippen LogP contribution in [-0.2, 0) is 4.74 Å². The lowest BCUT2D eigenvalue weighted by atomic mass is 9.88. The third-order valence-corrected chi connectivity index (χ3v) is 2.93. The summed E-state index contributed by atoms with van der Waals surface area (Å²) < 4.78 is 5.78. The number of hydrogen-bond acceptors (Lipinski definition) is 2. The van der Waals surface area contributed by atoms with Gasteiger partial charge in [-0.05, 0) is 19.3 Å². The summed E-state index contributed by atoms with van der Waals surface area (Å²) >= 11 is 0. The van der Waals surface area contributed by atoms with Gasteiger partial charge in [0.15, 0.2) is 0 Å². The first-order valence-corrected chi connectivity index (χ1v) is 4.26. The molecule has 2 nitrogen and oxygen atoms in total. The Hall–Kier alpha value is -0.340. The molecule has 0 radical (unpaired) electrons. The van der Waals surface area contributed by atoms with Crippen LogP contribution in [0.2, 0.25) is 0 Å². The highest BCUT2D eigenvalue weighted by atomic mass is 16.5. The molecule has 0 spiro atoms. The molecule has 11 heavy (non-hydrogen) atoms. The fourth-order valence-corrected chi connectivity index (χ4v) is 2.00. The van der Waals surface area contributed by atoms with Gasteiger partial charge in [0.05, 0.1) is 12.2 Å². The highest BCUT2D eigenvalue weighted by Gasteiger charge is 2.49. The summed E-state index contributed by atoms with van der Waals surface area (Å²) in [6.45, 7) is 2.26. The Morgan fingerprint density at radius 2 is 2.00 bits per heavy atom. The van der Waals surface area contributed by atoms with E-state index in [0.29, 0.717) is 0 Å². The Bertz CT molecular complexity index is 180. The van der Waals surface area contributed by atoms with Gasteiger partial charge in [0, 0.05) is 0 Å². The molecular weight excluding hydrogens is 140 g/mol. The first-order valence-electron chi connectivity index (χ1n) is 4.26. The fourth-order valence-electron chi connectivity index (χ4n) is 2.00. The van der Waals surface area contributed by atoms with E-state index in [0.717, 1.165) is 19.3 Å². The maximum Gasteiger partial charge on any atom is 0.111 e. The maximum absolute atomic E-state index is 9.08. The van der Waals surface area contributed by atoms with Crippen LogP contribution >= 0.6 is 0 Å². The molecule has 0 saturated carbocycles. The Kier molecular flexibility index (Phi) is 1.38. The van der Waals surface area contributed by atoms with Crippen LogP contribution in [0.1, 0.15) is 26.2 Å². The van der Waals surface area contributed by atoms with Crippen LogP contribution in [0.15, 0.2) is 12.2 Å². The fraction of sp³-hybridized carbons (Fsp3) is 0.778. The molecule has 0 aromatic carbocycles. The van der Waals surface area contributed by atoms with Gasteiger partial charge in [-0.3, -0.25) is 0 Å². The molecule has 1 fully saturated rings. The second-order valence-electron chi connectivity index (χ2n) is 3.58. The zero-order valence-corrected chi connectivity index (χ0v) is 6.84. The van der Waals surface area contributed by atoms with Gasteiger partial charge < -0.3 is 9.84 Å². The van der Waals surface area contributed by atoms with E-state index in [4.69, 9.17) is 9.84 Å². The predicted octanol–water partition coefficient (Wildman–Crippen LogP) is 1.25. The molecule has 0 aromatic rings. The number of aliphatic hydroxyl groups is 1. The second-order valence-corrected chi connectivity index (χ2v) is 3.58. The van der Waals surface area contributed by atoms with E-state index in [-0.39, 0.29) is 17.8 Å². The molecule has 2 aliphatic rings. The van der Waals surface area contributed by atoms with Crippen molar-refractivity contribution in [1.29, 1.82) is 0 Å². The van der Waals surface area contributed by atoms with E-state index >= 15 is 0 Å². The summed E-state index contributed by atoms with van der Waals surface area (Å²) in [7, 11) is 0. The molecule has 62 valence electrons. The van der Waals surface area contributed by atoms with E-state index in [1.54, 1.807) is 0 Å². The van der Waals surface area contributed by atoms with Crippen molar-refractivity contribution >= 4 is 0 Å². The second kappa shape index (κ2) is 2.08. The molecule has 0 amide bonds. The van der Waals surface area contributed by atoms with Gasteiger partial charge in [-0.25, -0.2) is 0 Å². The highest BCUT2D eigenvalue weighted by molar-refractivity contribution is 5.23. The molecule has 2 heterocycles. The molecule has 2 bridgehead atoms. The lowest BCUT2D eigenvalue weighted by Gasteiger charge is -2.21. The Morgan fingerprint density at radius 1 is 1.36 bits per heavy atom. The summed E-state index contributed by atoms with van der Waals surface area (Å²) in [6, 6.07) is 0. The van der Waals surface area contributed by atoms with Crippen LogP contribution in [0.5, 0.6) is 0 Å². The van der Waals surface area contributed by atoms with Crippen LogP contribution in [-0.4, -0.2) is 22.9 Å². The quantitative estimate of drug-likeness (QED) is 0.606. The molecule has 2 atom stereocenters. The third-order valence-electron chi connectivity index (χ3n) is 2.93. The molecule has 2 heteroatoms. The minimum Gasteiger partial charge on any atom is -0.393 e. The monoisotopic (exact) mass is 154 g/mol. The van der Waals surface area contributed by atoms with Gasteiger partial charge in [0.1, 0.15) is 5.60 Å². The molecule has 0 aliphatic carbocycles. The van der Waals surface area contributed by atoms with E-state index in [1.165, 1.54) is 0 Å². The Morgan fingerprint density at radius 3 is 2.27 bits per heavy atom. The molecule has 2 unspecified atom stereocenters. The largest absolute Gasteiger partial charge is 0.393 e. The van der Waals surface area contributed by atoms with E-state index in [9.17, 15) is 0 Å². The van der Waals surface area contributed by atoms with Gasteiger partial charge in [0.25, 0.3) is 0 Å². The van der Waals surface area contributed by atoms with Crippen molar-refractivity contribution in [3.63, 3.8) is 0 Å². The van der Waals surface area contributed by atoms with Gasteiger partial charge in [-0.15, -0.1) is 0 Å². The standard InChI is InChI=1S/C9H14O2/c1-2-8-3-5-9(7-10,11-8)6-4-8/h3,5,10H,2,4,6-7H2,1H3. The molecule has 2 aliphatic heterocycles. The summed E-state index contributed by atoms with van der Waals surface area (Å²) in [5.74, 6) is 0. The molecule has 2 rings (SSSR count). The zero-order valence-electron chi connectivity index (χ0n) is 6.84. The van der Waals surface area contributed by atoms with Crippen molar-refractivity contribution in [2.75, 3.05) is 6.61 Å². The zero-order chi connectivity index (χ0) is 7.95. The third kappa shape index (κ3) is 0.861. The maximum atomic E-state index is 9.08. The van der Waals surface area contributed by atoms with Crippen molar-refractivity contribution in [2.45, 2.75) is 37.4 Å². The number of hydrogen-bond donors (Lipinski definition) is 1. The molecule has 1 N–H and O–H groups in total. The van der Waals surface area contributed by atoms with Crippen LogP contribution in [0.25, 0.3) is 0 Å². The average Bonchev–Trinajstić information content (AvgIpc) is 2.61. The minimum absolute atomic E-state index is 0.0251. The van der Waals surface area contributed by atoms with Gasteiger partial charge in [0.2, 0.25) is 0 Å². The Balaban J connectivity index is 2.23. The summed E-state index contributed by atoms with van der Waals surface area (Å²) in [5, 5.41) is 9.08. The van der Waals surface area contributed by atoms with Gasteiger partial charge in [-0.1, -0.05) is 19.1 Å². The Labute approximate surface area is 66.9 Å². The van der Waals surface area contributed by atoms with Gasteiger partial charge >= 0.3 is 0 Å².